The monoisotopic (exact) mass is 238 g/mol. The molecule has 0 aromatic carbocycles. The Bertz CT molecular complexity index is 318. The van der Waals surface area contributed by atoms with Gasteiger partial charge in [0, 0.05) is 12.5 Å². The van der Waals surface area contributed by atoms with Crippen molar-refractivity contribution in [2.75, 3.05) is 7.11 Å². The Hall–Kier alpha value is -1.16. The maximum absolute atomic E-state index is 9.86. The van der Waals surface area contributed by atoms with Gasteiger partial charge < -0.3 is 9.84 Å². The predicted molar refractivity (Wildman–Crippen MR) is 67.1 cm³/mol. The Kier molecular flexibility index (Phi) is 6.55. The van der Waals surface area contributed by atoms with Crippen molar-refractivity contribution >= 4 is 0 Å². The van der Waals surface area contributed by atoms with E-state index in [-0.39, 0.29) is 6.10 Å². The third kappa shape index (κ3) is 5.63. The zero-order valence-corrected chi connectivity index (χ0v) is 10.7. The first-order valence-corrected chi connectivity index (χ1v) is 6.29. The van der Waals surface area contributed by atoms with Crippen LogP contribution >= 0.6 is 0 Å². The summed E-state index contributed by atoms with van der Waals surface area (Å²) in [6.07, 6.45) is 7.31. The lowest BCUT2D eigenvalue weighted by Gasteiger charge is -2.10. The number of rotatable bonds is 8. The molecule has 1 aromatic heterocycles. The molecule has 0 aliphatic carbocycles. The predicted octanol–water partition coefficient (Wildman–Crippen LogP) is 2.36. The van der Waals surface area contributed by atoms with Crippen LogP contribution in [0.5, 0.6) is 5.88 Å². The van der Waals surface area contributed by atoms with Crippen molar-refractivity contribution in [3.05, 3.63) is 18.1 Å². The largest absolute Gasteiger partial charge is 0.481 e. The number of nitrogens with zero attached hydrogens (tertiary/aromatic N) is 2. The quantitative estimate of drug-likeness (QED) is 0.706. The summed E-state index contributed by atoms with van der Waals surface area (Å²) in [5, 5.41) is 9.86. The molecule has 0 fully saturated rings. The molecule has 0 saturated carbocycles. The van der Waals surface area contributed by atoms with Crippen LogP contribution in [0.2, 0.25) is 0 Å². The second-order valence-electron chi connectivity index (χ2n) is 4.26. The van der Waals surface area contributed by atoms with Crippen molar-refractivity contribution in [3.8, 4) is 5.88 Å². The third-order valence-electron chi connectivity index (χ3n) is 2.74. The fraction of sp³-hybridized carbons (Fsp3) is 0.692. The Labute approximate surface area is 103 Å². The maximum Gasteiger partial charge on any atom is 0.216 e. The molecular formula is C13H22N2O2. The number of aliphatic hydroxyl groups is 1. The van der Waals surface area contributed by atoms with Crippen LogP contribution in [0.1, 0.15) is 44.7 Å². The van der Waals surface area contributed by atoms with Crippen molar-refractivity contribution in [2.24, 2.45) is 0 Å². The molecule has 1 aromatic rings. The Morgan fingerprint density at radius 2 is 2.12 bits per heavy atom. The molecule has 0 radical (unpaired) electrons. The molecule has 1 heterocycles. The van der Waals surface area contributed by atoms with Crippen LogP contribution in [0.4, 0.5) is 0 Å². The molecule has 1 atom stereocenters. The van der Waals surface area contributed by atoms with Crippen LogP contribution < -0.4 is 4.74 Å². The summed E-state index contributed by atoms with van der Waals surface area (Å²) in [5.41, 5.74) is 0.833. The number of unbranched alkanes of at least 4 members (excludes halogenated alkanes) is 3. The molecule has 1 unspecified atom stereocenters. The summed E-state index contributed by atoms with van der Waals surface area (Å²) < 4.78 is 5.02. The molecule has 4 heteroatoms. The average Bonchev–Trinajstić information content (AvgIpc) is 2.35. The van der Waals surface area contributed by atoms with Gasteiger partial charge in [0.15, 0.2) is 0 Å². The molecule has 4 nitrogen and oxygen atoms in total. The van der Waals surface area contributed by atoms with Gasteiger partial charge >= 0.3 is 0 Å². The highest BCUT2D eigenvalue weighted by Gasteiger charge is 2.07. The van der Waals surface area contributed by atoms with Crippen LogP contribution in [0, 0.1) is 0 Å². The van der Waals surface area contributed by atoms with E-state index in [4.69, 9.17) is 4.74 Å². The van der Waals surface area contributed by atoms with Crippen LogP contribution in [-0.2, 0) is 6.42 Å². The van der Waals surface area contributed by atoms with Crippen molar-refractivity contribution in [1.82, 2.24) is 9.97 Å². The van der Waals surface area contributed by atoms with Gasteiger partial charge in [0.25, 0.3) is 0 Å². The second kappa shape index (κ2) is 8.01. The van der Waals surface area contributed by atoms with E-state index >= 15 is 0 Å². The SMILES string of the molecule is CCCCCCC(O)Cc1cc(OC)ncn1. The first-order valence-electron chi connectivity index (χ1n) is 6.29. The lowest BCUT2D eigenvalue weighted by molar-refractivity contribution is 0.159. The summed E-state index contributed by atoms with van der Waals surface area (Å²) in [4.78, 5) is 8.06. The van der Waals surface area contributed by atoms with Gasteiger partial charge in [-0.15, -0.1) is 0 Å². The third-order valence-corrected chi connectivity index (χ3v) is 2.74. The first-order chi connectivity index (χ1) is 8.26. The minimum Gasteiger partial charge on any atom is -0.481 e. The molecule has 0 spiro atoms. The Morgan fingerprint density at radius 3 is 2.82 bits per heavy atom. The molecule has 0 bridgehead atoms. The highest BCUT2D eigenvalue weighted by Crippen LogP contribution is 2.11. The highest BCUT2D eigenvalue weighted by atomic mass is 16.5. The smallest absolute Gasteiger partial charge is 0.216 e. The maximum atomic E-state index is 9.86. The molecular weight excluding hydrogens is 216 g/mol. The lowest BCUT2D eigenvalue weighted by Crippen LogP contribution is -2.11. The van der Waals surface area contributed by atoms with Crippen LogP contribution in [0.25, 0.3) is 0 Å². The van der Waals surface area contributed by atoms with E-state index in [0.717, 1.165) is 18.5 Å². The molecule has 0 saturated heterocycles. The fourth-order valence-electron chi connectivity index (χ4n) is 1.75. The van der Waals surface area contributed by atoms with Gasteiger partial charge in [-0.1, -0.05) is 32.6 Å². The van der Waals surface area contributed by atoms with Gasteiger partial charge in [-0.05, 0) is 6.42 Å². The van der Waals surface area contributed by atoms with Crippen molar-refractivity contribution in [2.45, 2.75) is 51.6 Å². The van der Waals surface area contributed by atoms with Gasteiger partial charge in [0.2, 0.25) is 5.88 Å². The van der Waals surface area contributed by atoms with E-state index in [9.17, 15) is 5.11 Å². The molecule has 0 aliphatic rings. The van der Waals surface area contributed by atoms with Gasteiger partial charge in [-0.25, -0.2) is 9.97 Å². The Morgan fingerprint density at radius 1 is 1.29 bits per heavy atom. The van der Waals surface area contributed by atoms with Gasteiger partial charge in [-0.2, -0.15) is 0 Å². The van der Waals surface area contributed by atoms with Crippen molar-refractivity contribution < 1.29 is 9.84 Å². The number of hydrogen-bond donors (Lipinski definition) is 1. The normalized spacial score (nSPS) is 12.4. The molecule has 17 heavy (non-hydrogen) atoms. The lowest BCUT2D eigenvalue weighted by atomic mass is 10.1. The standard InChI is InChI=1S/C13H22N2O2/c1-3-4-5-6-7-12(16)8-11-9-13(17-2)15-10-14-11/h9-10,12,16H,3-8H2,1-2H3. The van der Waals surface area contributed by atoms with E-state index in [1.807, 2.05) is 0 Å². The van der Waals surface area contributed by atoms with E-state index in [2.05, 4.69) is 16.9 Å². The molecule has 1 rings (SSSR count). The molecule has 0 amide bonds. The van der Waals surface area contributed by atoms with Crippen molar-refractivity contribution in [3.63, 3.8) is 0 Å². The van der Waals surface area contributed by atoms with Gasteiger partial charge in [0.05, 0.1) is 18.9 Å². The summed E-state index contributed by atoms with van der Waals surface area (Å²) >= 11 is 0. The fourth-order valence-corrected chi connectivity index (χ4v) is 1.75. The average molecular weight is 238 g/mol. The summed E-state index contributed by atoms with van der Waals surface area (Å²) in [6.45, 7) is 2.18. The van der Waals surface area contributed by atoms with Crippen LogP contribution in [0.3, 0.4) is 0 Å². The topological polar surface area (TPSA) is 55.2 Å². The molecule has 1 N–H and O–H groups in total. The number of hydrogen-bond acceptors (Lipinski definition) is 4. The number of aliphatic hydroxyl groups excluding tert-OH is 1. The highest BCUT2D eigenvalue weighted by molar-refractivity contribution is 5.13. The number of ether oxygens (including phenoxy) is 1. The summed E-state index contributed by atoms with van der Waals surface area (Å²) in [7, 11) is 1.58. The van der Waals surface area contributed by atoms with E-state index in [0.29, 0.717) is 12.3 Å². The molecule has 96 valence electrons. The Balaban J connectivity index is 2.31. The minimum atomic E-state index is -0.313. The summed E-state index contributed by atoms with van der Waals surface area (Å²) in [5.74, 6) is 0.549. The van der Waals surface area contributed by atoms with E-state index in [1.54, 1.807) is 13.2 Å². The zero-order valence-electron chi connectivity index (χ0n) is 10.7. The number of methoxy groups -OCH3 is 1. The van der Waals surface area contributed by atoms with Crippen molar-refractivity contribution in [1.29, 1.82) is 0 Å². The van der Waals surface area contributed by atoms with Crippen LogP contribution in [-0.4, -0.2) is 28.3 Å². The van der Waals surface area contributed by atoms with Gasteiger partial charge in [0.1, 0.15) is 6.33 Å². The zero-order chi connectivity index (χ0) is 12.5. The summed E-state index contributed by atoms with van der Waals surface area (Å²) in [6, 6.07) is 1.77. The minimum absolute atomic E-state index is 0.313. The second-order valence-corrected chi connectivity index (χ2v) is 4.26. The molecule has 0 aliphatic heterocycles. The van der Waals surface area contributed by atoms with Gasteiger partial charge in [-0.3, -0.25) is 0 Å². The first kappa shape index (κ1) is 13.9. The van der Waals surface area contributed by atoms with Crippen LogP contribution in [0.15, 0.2) is 12.4 Å². The van der Waals surface area contributed by atoms with E-state index in [1.165, 1.54) is 25.6 Å². The van der Waals surface area contributed by atoms with E-state index < -0.39 is 0 Å². The number of aromatic nitrogens is 2.